The largest absolute Gasteiger partial charge is 0.476 e. The van der Waals surface area contributed by atoms with Crippen LogP contribution in [0.15, 0.2) is 37.6 Å². The van der Waals surface area contributed by atoms with Crippen LogP contribution in [-0.4, -0.2) is 37.3 Å². The molecule has 1 saturated heterocycles. The number of imidazole rings is 1. The molecule has 0 amide bonds. The molecule has 3 atom stereocenters. The average molecular weight is 288 g/mol. The Kier molecular flexibility index (Phi) is 3.34. The van der Waals surface area contributed by atoms with Gasteiger partial charge in [0.15, 0.2) is 17.4 Å². The molecule has 3 heterocycles. The summed E-state index contributed by atoms with van der Waals surface area (Å²) in [5.74, 6) is 0.417. The van der Waals surface area contributed by atoms with E-state index in [1.165, 1.54) is 6.33 Å². The zero-order valence-electron chi connectivity index (χ0n) is 11.6. The van der Waals surface area contributed by atoms with E-state index in [4.69, 9.17) is 9.47 Å². The number of nitrogens with zero attached hydrogens (tertiary/aromatic N) is 4. The van der Waals surface area contributed by atoms with Gasteiger partial charge in [-0.2, -0.15) is 4.98 Å². The number of hydrogen-bond acceptors (Lipinski definition) is 6. The van der Waals surface area contributed by atoms with Crippen molar-refractivity contribution in [3.05, 3.63) is 37.6 Å². The first-order valence-electron chi connectivity index (χ1n) is 6.63. The van der Waals surface area contributed by atoms with Crippen molar-refractivity contribution in [3.8, 4) is 5.88 Å². The van der Waals surface area contributed by atoms with Crippen molar-refractivity contribution in [1.82, 2.24) is 19.5 Å². The molecule has 3 rings (SSSR count). The van der Waals surface area contributed by atoms with Crippen LogP contribution in [0.5, 0.6) is 5.88 Å². The third kappa shape index (κ3) is 2.06. The second-order valence-electron chi connectivity index (χ2n) is 4.67. The van der Waals surface area contributed by atoms with E-state index in [1.54, 1.807) is 17.0 Å². The first kappa shape index (κ1) is 13.6. The number of aliphatic hydroxyl groups is 1. The van der Waals surface area contributed by atoms with Crippen LogP contribution in [-0.2, 0) is 4.74 Å². The van der Waals surface area contributed by atoms with Gasteiger partial charge in [0.25, 0.3) is 0 Å². The highest BCUT2D eigenvalue weighted by molar-refractivity contribution is 5.76. The van der Waals surface area contributed by atoms with Crippen molar-refractivity contribution in [2.24, 2.45) is 5.92 Å². The molecule has 0 bridgehead atoms. The van der Waals surface area contributed by atoms with Gasteiger partial charge in [-0.05, 0) is 6.92 Å². The summed E-state index contributed by atoms with van der Waals surface area (Å²) in [7, 11) is 0. The van der Waals surface area contributed by atoms with Crippen LogP contribution < -0.4 is 4.74 Å². The molecule has 7 nitrogen and oxygen atoms in total. The molecule has 2 aromatic heterocycles. The second-order valence-corrected chi connectivity index (χ2v) is 4.67. The molecule has 0 unspecified atom stereocenters. The standard InChI is InChI=1S/C14H16N4O3/c1-4-9-11(19)8(3)21-14(9)18-7-17-10-12(18)15-6-16-13(10)20-5-2/h4,6-7,9,11,14,19H,1,3,5H2,2H3/t9-,11+,14+/m0/s1. The van der Waals surface area contributed by atoms with Gasteiger partial charge in [0.1, 0.15) is 24.5 Å². The third-order valence-corrected chi connectivity index (χ3v) is 3.45. The van der Waals surface area contributed by atoms with Crippen molar-refractivity contribution in [2.75, 3.05) is 6.61 Å². The maximum Gasteiger partial charge on any atom is 0.245 e. The lowest BCUT2D eigenvalue weighted by atomic mass is 10.0. The Morgan fingerprint density at radius 1 is 1.48 bits per heavy atom. The Morgan fingerprint density at radius 3 is 3.00 bits per heavy atom. The molecule has 2 aromatic rings. The number of ether oxygens (including phenoxy) is 2. The summed E-state index contributed by atoms with van der Waals surface area (Å²) in [4.78, 5) is 12.6. The fraction of sp³-hybridized carbons (Fsp3) is 0.357. The molecule has 1 aliphatic rings. The topological polar surface area (TPSA) is 82.3 Å². The molecule has 7 heteroatoms. The van der Waals surface area contributed by atoms with Gasteiger partial charge in [-0.1, -0.05) is 12.7 Å². The van der Waals surface area contributed by atoms with Crippen molar-refractivity contribution in [1.29, 1.82) is 0 Å². The van der Waals surface area contributed by atoms with Crippen molar-refractivity contribution < 1.29 is 14.6 Å². The van der Waals surface area contributed by atoms with Crippen LogP contribution in [0, 0.1) is 5.92 Å². The van der Waals surface area contributed by atoms with Crippen LogP contribution >= 0.6 is 0 Å². The molecule has 0 radical (unpaired) electrons. The van der Waals surface area contributed by atoms with E-state index in [2.05, 4.69) is 28.1 Å². The maximum absolute atomic E-state index is 10.1. The number of rotatable bonds is 4. The molecule has 0 spiro atoms. The molecular weight excluding hydrogens is 272 g/mol. The summed E-state index contributed by atoms with van der Waals surface area (Å²) in [6.45, 7) is 9.82. The molecule has 1 N–H and O–H groups in total. The van der Waals surface area contributed by atoms with Gasteiger partial charge in [-0.15, -0.1) is 6.58 Å². The summed E-state index contributed by atoms with van der Waals surface area (Å²) in [6.07, 6.45) is 3.37. The fourth-order valence-electron chi connectivity index (χ4n) is 2.42. The van der Waals surface area contributed by atoms with E-state index in [9.17, 15) is 5.11 Å². The third-order valence-electron chi connectivity index (χ3n) is 3.45. The van der Waals surface area contributed by atoms with Crippen molar-refractivity contribution >= 4 is 11.2 Å². The second kappa shape index (κ2) is 5.17. The lowest BCUT2D eigenvalue weighted by molar-refractivity contribution is 0.0808. The Labute approximate surface area is 121 Å². The Bertz CT molecular complexity index is 697. The highest BCUT2D eigenvalue weighted by atomic mass is 16.5. The predicted molar refractivity (Wildman–Crippen MR) is 75.4 cm³/mol. The molecular formula is C14H16N4O3. The predicted octanol–water partition coefficient (Wildman–Crippen LogP) is 1.43. The molecule has 1 aliphatic heterocycles. The van der Waals surface area contributed by atoms with Crippen molar-refractivity contribution in [3.63, 3.8) is 0 Å². The Morgan fingerprint density at radius 2 is 2.29 bits per heavy atom. The Hall–Kier alpha value is -2.41. The molecule has 0 aromatic carbocycles. The van der Waals surface area contributed by atoms with E-state index >= 15 is 0 Å². The Balaban J connectivity index is 2.07. The zero-order valence-corrected chi connectivity index (χ0v) is 11.6. The first-order valence-corrected chi connectivity index (χ1v) is 6.63. The highest BCUT2D eigenvalue weighted by Crippen LogP contribution is 2.38. The highest BCUT2D eigenvalue weighted by Gasteiger charge is 2.40. The van der Waals surface area contributed by atoms with E-state index in [1.807, 2.05) is 6.92 Å². The monoisotopic (exact) mass is 288 g/mol. The summed E-state index contributed by atoms with van der Waals surface area (Å²) < 4.78 is 12.8. The fourth-order valence-corrected chi connectivity index (χ4v) is 2.42. The van der Waals surface area contributed by atoms with Gasteiger partial charge < -0.3 is 14.6 Å². The number of aromatic nitrogens is 4. The van der Waals surface area contributed by atoms with Crippen LogP contribution in [0.4, 0.5) is 0 Å². The smallest absolute Gasteiger partial charge is 0.245 e. The number of hydrogen-bond donors (Lipinski definition) is 1. The van der Waals surface area contributed by atoms with Crippen LogP contribution in [0.2, 0.25) is 0 Å². The quantitative estimate of drug-likeness (QED) is 0.857. The van der Waals surface area contributed by atoms with E-state index < -0.39 is 12.3 Å². The molecule has 1 fully saturated rings. The summed E-state index contributed by atoms with van der Waals surface area (Å²) in [5, 5.41) is 10.1. The van der Waals surface area contributed by atoms with Crippen LogP contribution in [0.3, 0.4) is 0 Å². The number of fused-ring (bicyclic) bond motifs is 1. The van der Waals surface area contributed by atoms with Gasteiger partial charge in [0.05, 0.1) is 12.5 Å². The van der Waals surface area contributed by atoms with E-state index in [-0.39, 0.29) is 5.92 Å². The van der Waals surface area contributed by atoms with Crippen molar-refractivity contribution in [2.45, 2.75) is 19.3 Å². The minimum absolute atomic E-state index is 0.311. The van der Waals surface area contributed by atoms with Gasteiger partial charge in [0.2, 0.25) is 5.88 Å². The first-order chi connectivity index (χ1) is 10.2. The van der Waals surface area contributed by atoms with E-state index in [0.717, 1.165) is 0 Å². The normalized spacial score (nSPS) is 25.0. The summed E-state index contributed by atoms with van der Waals surface area (Å²) in [6, 6.07) is 0. The minimum atomic E-state index is -0.793. The molecule has 110 valence electrons. The molecule has 0 saturated carbocycles. The SMILES string of the molecule is C=C[C@H]1[C@H](O)C(=C)O[C@H]1n1cnc2c(OCC)ncnc21. The molecule has 0 aliphatic carbocycles. The average Bonchev–Trinajstić information content (AvgIpc) is 3.02. The molecule has 21 heavy (non-hydrogen) atoms. The zero-order chi connectivity index (χ0) is 15.0. The minimum Gasteiger partial charge on any atom is -0.476 e. The van der Waals surface area contributed by atoms with Gasteiger partial charge >= 0.3 is 0 Å². The van der Waals surface area contributed by atoms with Crippen LogP contribution in [0.1, 0.15) is 13.2 Å². The number of aliphatic hydroxyl groups excluding tert-OH is 1. The lowest BCUT2D eigenvalue weighted by Crippen LogP contribution is -2.20. The van der Waals surface area contributed by atoms with Crippen LogP contribution in [0.25, 0.3) is 11.2 Å². The van der Waals surface area contributed by atoms with E-state index in [0.29, 0.717) is 29.4 Å². The maximum atomic E-state index is 10.1. The van der Waals surface area contributed by atoms with Gasteiger partial charge in [-0.3, -0.25) is 4.57 Å². The van der Waals surface area contributed by atoms with Gasteiger partial charge in [-0.25, -0.2) is 9.97 Å². The van der Waals surface area contributed by atoms with Gasteiger partial charge in [0, 0.05) is 0 Å². The lowest BCUT2D eigenvalue weighted by Gasteiger charge is -2.17. The summed E-state index contributed by atoms with van der Waals surface area (Å²) in [5.41, 5.74) is 1.13. The summed E-state index contributed by atoms with van der Waals surface area (Å²) >= 11 is 0.